The van der Waals surface area contributed by atoms with Crippen LogP contribution in [0.2, 0.25) is 0 Å². The van der Waals surface area contributed by atoms with E-state index in [9.17, 15) is 4.79 Å². The molecule has 0 aliphatic carbocycles. The maximum atomic E-state index is 12.7. The number of fused-ring (bicyclic) bond motifs is 1. The van der Waals surface area contributed by atoms with Crippen molar-refractivity contribution in [2.75, 3.05) is 59.2 Å². The highest BCUT2D eigenvalue weighted by molar-refractivity contribution is 5.95. The minimum Gasteiger partial charge on any atom is -0.493 e. The van der Waals surface area contributed by atoms with Crippen LogP contribution in [-0.4, -0.2) is 73.7 Å². The monoisotopic (exact) mass is 438 g/mol. The first-order chi connectivity index (χ1) is 15.6. The third-order valence-electron chi connectivity index (χ3n) is 5.67. The van der Waals surface area contributed by atoms with Crippen molar-refractivity contribution in [3.05, 3.63) is 42.2 Å². The molecule has 9 heteroatoms. The van der Waals surface area contributed by atoms with E-state index >= 15 is 0 Å². The van der Waals surface area contributed by atoms with Gasteiger partial charge in [-0.05, 0) is 37.2 Å². The summed E-state index contributed by atoms with van der Waals surface area (Å²) in [4.78, 5) is 19.7. The quantitative estimate of drug-likeness (QED) is 0.459. The van der Waals surface area contributed by atoms with E-state index in [0.29, 0.717) is 34.9 Å². The van der Waals surface area contributed by atoms with Crippen molar-refractivity contribution in [1.82, 2.24) is 24.9 Å². The average Bonchev–Trinajstić information content (AvgIpc) is 3.27. The number of hydrogen-bond donors (Lipinski definition) is 3. The summed E-state index contributed by atoms with van der Waals surface area (Å²) in [6, 6.07) is 7.28. The number of rotatable bonds is 8. The summed E-state index contributed by atoms with van der Waals surface area (Å²) in [6.07, 6.45) is 4.53. The molecule has 1 aromatic carbocycles. The third kappa shape index (κ3) is 4.79. The van der Waals surface area contributed by atoms with Crippen molar-refractivity contribution in [2.24, 2.45) is 0 Å². The van der Waals surface area contributed by atoms with Gasteiger partial charge in [0.15, 0.2) is 17.1 Å². The van der Waals surface area contributed by atoms with Gasteiger partial charge in [0.1, 0.15) is 0 Å². The van der Waals surface area contributed by atoms with E-state index in [1.807, 2.05) is 24.4 Å². The maximum Gasteiger partial charge on any atom is 0.252 e. The standard InChI is InChI=1S/C23H30N6O3/c1-31-20-5-4-16(13-21(20)32-2)19-15-29-14-17(12-18(24)22(29)27-19)23(30)26-6-3-9-28-10-7-25-8-11-28/h4-5,12-15,25H,3,6-11,24H2,1-2H3,(H,26,30). The Labute approximate surface area is 187 Å². The van der Waals surface area contributed by atoms with Crippen LogP contribution in [-0.2, 0) is 0 Å². The molecule has 3 heterocycles. The number of carbonyl (C=O) groups is 1. The molecule has 1 fully saturated rings. The number of carbonyl (C=O) groups excluding carboxylic acids is 1. The van der Waals surface area contributed by atoms with Crippen molar-refractivity contribution in [3.8, 4) is 22.8 Å². The van der Waals surface area contributed by atoms with Crippen LogP contribution in [0.25, 0.3) is 16.9 Å². The molecule has 3 aromatic rings. The predicted octanol–water partition coefficient (Wildman–Crippen LogP) is 1.63. The number of methoxy groups -OCH3 is 2. The number of ether oxygens (including phenoxy) is 2. The lowest BCUT2D eigenvalue weighted by atomic mass is 10.1. The van der Waals surface area contributed by atoms with Crippen LogP contribution >= 0.6 is 0 Å². The summed E-state index contributed by atoms with van der Waals surface area (Å²) in [5.41, 5.74) is 9.37. The second-order valence-electron chi connectivity index (χ2n) is 7.81. The van der Waals surface area contributed by atoms with Crippen molar-refractivity contribution in [1.29, 1.82) is 0 Å². The van der Waals surface area contributed by atoms with Gasteiger partial charge in [0.25, 0.3) is 5.91 Å². The number of aromatic nitrogens is 2. The molecular weight excluding hydrogens is 408 g/mol. The van der Waals surface area contributed by atoms with E-state index in [0.717, 1.165) is 50.4 Å². The number of nitrogens with two attached hydrogens (primary N) is 1. The average molecular weight is 439 g/mol. The van der Waals surface area contributed by atoms with Gasteiger partial charge in [-0.15, -0.1) is 0 Å². The van der Waals surface area contributed by atoms with E-state index < -0.39 is 0 Å². The van der Waals surface area contributed by atoms with Gasteiger partial charge in [0, 0.05) is 50.7 Å². The van der Waals surface area contributed by atoms with E-state index in [1.165, 1.54) is 0 Å². The first kappa shape index (κ1) is 21.9. The maximum absolute atomic E-state index is 12.7. The van der Waals surface area contributed by atoms with Crippen LogP contribution in [0.5, 0.6) is 11.5 Å². The molecule has 170 valence electrons. The lowest BCUT2D eigenvalue weighted by molar-refractivity contribution is 0.0951. The summed E-state index contributed by atoms with van der Waals surface area (Å²) >= 11 is 0. The number of pyridine rings is 1. The van der Waals surface area contributed by atoms with Gasteiger partial charge in [0.2, 0.25) is 0 Å². The number of hydrogen-bond acceptors (Lipinski definition) is 7. The highest BCUT2D eigenvalue weighted by Crippen LogP contribution is 2.32. The van der Waals surface area contributed by atoms with Gasteiger partial charge in [-0.1, -0.05) is 0 Å². The van der Waals surface area contributed by atoms with E-state index in [2.05, 4.69) is 20.5 Å². The minimum absolute atomic E-state index is 0.139. The number of amides is 1. The largest absolute Gasteiger partial charge is 0.493 e. The van der Waals surface area contributed by atoms with Crippen LogP contribution in [0.1, 0.15) is 16.8 Å². The van der Waals surface area contributed by atoms with Crippen LogP contribution in [0, 0.1) is 0 Å². The van der Waals surface area contributed by atoms with Gasteiger partial charge in [0.05, 0.1) is 31.2 Å². The summed E-state index contributed by atoms with van der Waals surface area (Å²) in [6.45, 7) is 5.79. The van der Waals surface area contributed by atoms with E-state index in [1.54, 1.807) is 30.9 Å². The Kier molecular flexibility index (Phi) is 6.77. The highest BCUT2D eigenvalue weighted by atomic mass is 16.5. The van der Waals surface area contributed by atoms with Gasteiger partial charge < -0.3 is 35.1 Å². The highest BCUT2D eigenvalue weighted by Gasteiger charge is 2.14. The fourth-order valence-corrected chi connectivity index (χ4v) is 3.93. The van der Waals surface area contributed by atoms with Crippen LogP contribution in [0.3, 0.4) is 0 Å². The SMILES string of the molecule is COc1ccc(-c2cn3cc(C(=O)NCCCN4CCNCC4)cc(N)c3n2)cc1OC. The smallest absolute Gasteiger partial charge is 0.252 e. The Hall–Kier alpha value is -3.30. The Morgan fingerprint density at radius 3 is 2.69 bits per heavy atom. The molecule has 32 heavy (non-hydrogen) atoms. The van der Waals surface area contributed by atoms with E-state index in [4.69, 9.17) is 15.2 Å². The zero-order valence-corrected chi connectivity index (χ0v) is 18.6. The van der Waals surface area contributed by atoms with Gasteiger partial charge in [-0.25, -0.2) is 4.98 Å². The Morgan fingerprint density at radius 2 is 1.94 bits per heavy atom. The van der Waals surface area contributed by atoms with Gasteiger partial charge >= 0.3 is 0 Å². The zero-order chi connectivity index (χ0) is 22.5. The normalized spacial score (nSPS) is 14.4. The zero-order valence-electron chi connectivity index (χ0n) is 18.6. The van der Waals surface area contributed by atoms with Crippen molar-refractivity contribution in [2.45, 2.75) is 6.42 Å². The Balaban J connectivity index is 1.45. The van der Waals surface area contributed by atoms with Crippen molar-refractivity contribution in [3.63, 3.8) is 0 Å². The minimum atomic E-state index is -0.139. The van der Waals surface area contributed by atoms with Crippen LogP contribution < -0.4 is 25.8 Å². The van der Waals surface area contributed by atoms with Crippen molar-refractivity contribution < 1.29 is 14.3 Å². The Bertz CT molecular complexity index is 1090. The molecule has 0 unspecified atom stereocenters. The third-order valence-corrected chi connectivity index (χ3v) is 5.67. The number of piperazine rings is 1. The number of imidazole rings is 1. The first-order valence-corrected chi connectivity index (χ1v) is 10.8. The summed E-state index contributed by atoms with van der Waals surface area (Å²) in [7, 11) is 3.19. The number of nitrogen functional groups attached to an aromatic ring is 1. The van der Waals surface area contributed by atoms with E-state index in [-0.39, 0.29) is 5.91 Å². The van der Waals surface area contributed by atoms with Gasteiger partial charge in [-0.3, -0.25) is 4.79 Å². The summed E-state index contributed by atoms with van der Waals surface area (Å²) < 4.78 is 12.5. The molecule has 4 rings (SSSR count). The molecule has 1 amide bonds. The fraction of sp³-hybridized carbons (Fsp3) is 0.391. The van der Waals surface area contributed by atoms with Gasteiger partial charge in [-0.2, -0.15) is 0 Å². The number of nitrogens with zero attached hydrogens (tertiary/aromatic N) is 3. The van der Waals surface area contributed by atoms with Crippen LogP contribution in [0.4, 0.5) is 5.69 Å². The molecular formula is C23H30N6O3. The Morgan fingerprint density at radius 1 is 1.16 bits per heavy atom. The molecule has 9 nitrogen and oxygen atoms in total. The number of anilines is 1. The fourth-order valence-electron chi connectivity index (χ4n) is 3.93. The molecule has 0 radical (unpaired) electrons. The molecule has 0 atom stereocenters. The lowest BCUT2D eigenvalue weighted by Crippen LogP contribution is -2.44. The first-order valence-electron chi connectivity index (χ1n) is 10.8. The van der Waals surface area contributed by atoms with Crippen LogP contribution in [0.15, 0.2) is 36.7 Å². The summed E-state index contributed by atoms with van der Waals surface area (Å²) in [5, 5.41) is 6.34. The molecule has 2 aromatic heterocycles. The number of nitrogens with one attached hydrogen (secondary N) is 2. The van der Waals surface area contributed by atoms with Crippen molar-refractivity contribution >= 4 is 17.2 Å². The molecule has 0 bridgehead atoms. The molecule has 1 aliphatic rings. The second kappa shape index (κ2) is 9.88. The molecule has 4 N–H and O–H groups in total. The lowest BCUT2D eigenvalue weighted by Gasteiger charge is -2.27. The molecule has 1 aliphatic heterocycles. The molecule has 0 spiro atoms. The second-order valence-corrected chi connectivity index (χ2v) is 7.81. The topological polar surface area (TPSA) is 106 Å². The molecule has 0 saturated carbocycles. The number of benzene rings is 1. The summed E-state index contributed by atoms with van der Waals surface area (Å²) in [5.74, 6) is 1.13. The predicted molar refractivity (Wildman–Crippen MR) is 124 cm³/mol. The molecule has 1 saturated heterocycles.